The van der Waals surface area contributed by atoms with E-state index in [1.807, 2.05) is 4.90 Å². The molecule has 0 saturated carbocycles. The molecule has 1 N–H and O–H groups in total. The van der Waals surface area contributed by atoms with Gasteiger partial charge in [-0.1, -0.05) is 0 Å². The van der Waals surface area contributed by atoms with E-state index in [9.17, 15) is 19.3 Å². The minimum absolute atomic E-state index is 0.132. The lowest BCUT2D eigenvalue weighted by molar-refractivity contribution is -0.402. The van der Waals surface area contributed by atoms with Gasteiger partial charge in [0.1, 0.15) is 22.6 Å². The lowest BCUT2D eigenvalue weighted by Crippen LogP contribution is -2.48. The van der Waals surface area contributed by atoms with Crippen LogP contribution in [0.2, 0.25) is 0 Å². The summed E-state index contributed by atoms with van der Waals surface area (Å²) in [5, 5.41) is 14.5. The summed E-state index contributed by atoms with van der Waals surface area (Å²) >= 11 is 5.39. The van der Waals surface area contributed by atoms with E-state index in [2.05, 4.69) is 5.32 Å². The molecule has 13 heteroatoms. The molecule has 2 fully saturated rings. The van der Waals surface area contributed by atoms with Crippen molar-refractivity contribution in [1.29, 1.82) is 0 Å². The van der Waals surface area contributed by atoms with Crippen LogP contribution in [-0.2, 0) is 16.0 Å². The molecule has 2 aliphatic rings. The number of benzene rings is 1. The number of amides is 1. The molecular formula is C21H24FN5O6S. The minimum Gasteiger partial charge on any atom is -0.442 e. The van der Waals surface area contributed by atoms with Crippen LogP contribution < -0.4 is 15.1 Å². The van der Waals surface area contributed by atoms with Crippen molar-refractivity contribution in [3.05, 3.63) is 52.0 Å². The number of anilines is 2. The number of carbonyl (C=O) groups is 1. The van der Waals surface area contributed by atoms with Gasteiger partial charge in [0.2, 0.25) is 0 Å². The van der Waals surface area contributed by atoms with Gasteiger partial charge in [0.25, 0.3) is 0 Å². The van der Waals surface area contributed by atoms with Gasteiger partial charge in [-0.05, 0) is 36.5 Å². The van der Waals surface area contributed by atoms with Gasteiger partial charge in [-0.3, -0.25) is 15.0 Å². The molecule has 3 heterocycles. The molecule has 0 aliphatic carbocycles. The fraction of sp³-hybridized carbons (Fsp3) is 0.429. The van der Waals surface area contributed by atoms with Gasteiger partial charge in [0.15, 0.2) is 5.11 Å². The predicted molar refractivity (Wildman–Crippen MR) is 124 cm³/mol. The van der Waals surface area contributed by atoms with Crippen LogP contribution >= 0.6 is 12.2 Å². The van der Waals surface area contributed by atoms with E-state index in [0.29, 0.717) is 49.4 Å². The number of furan rings is 1. The van der Waals surface area contributed by atoms with Crippen LogP contribution in [-0.4, -0.2) is 73.6 Å². The number of nitro groups is 1. The number of carbonyl (C=O) groups excluding carboxylic acids is 1. The Morgan fingerprint density at radius 1 is 1.32 bits per heavy atom. The number of nitrogens with zero attached hydrogens (tertiary/aromatic N) is 4. The van der Waals surface area contributed by atoms with Crippen molar-refractivity contribution in [3.8, 4) is 0 Å². The molecule has 1 aromatic carbocycles. The average molecular weight is 494 g/mol. The third-order valence-electron chi connectivity index (χ3n) is 5.53. The lowest BCUT2D eigenvalue weighted by atomic mass is 10.2. The first-order valence-electron chi connectivity index (χ1n) is 10.6. The monoisotopic (exact) mass is 493 g/mol. The van der Waals surface area contributed by atoms with Gasteiger partial charge in [-0.25, -0.2) is 9.18 Å². The number of thiocarbonyl (C=S) groups is 1. The molecule has 1 amide bonds. The van der Waals surface area contributed by atoms with Gasteiger partial charge >= 0.3 is 12.0 Å². The summed E-state index contributed by atoms with van der Waals surface area (Å²) in [6.45, 7) is 3.38. The molecule has 2 aliphatic heterocycles. The highest BCUT2D eigenvalue weighted by Crippen LogP contribution is 2.28. The van der Waals surface area contributed by atoms with Crippen molar-refractivity contribution in [3.63, 3.8) is 0 Å². The van der Waals surface area contributed by atoms with Gasteiger partial charge in [0, 0.05) is 20.1 Å². The SMILES string of the molecule is CN(Cc1ccc([N+](=O)[O-])o1)c1ccc(N2CC(CNC(=S)N3CCOCC3)OC2=O)cc1F. The number of cyclic esters (lactones) is 1. The Labute approximate surface area is 200 Å². The maximum atomic E-state index is 14.9. The summed E-state index contributed by atoms with van der Waals surface area (Å²) in [5.41, 5.74) is 0.621. The molecule has 34 heavy (non-hydrogen) atoms. The summed E-state index contributed by atoms with van der Waals surface area (Å²) in [5.74, 6) is -0.600. The average Bonchev–Trinajstić information content (AvgIpc) is 3.44. The number of halogens is 1. The Kier molecular flexibility index (Phi) is 7.12. The smallest absolute Gasteiger partial charge is 0.433 e. The molecule has 4 rings (SSSR count). The topological polar surface area (TPSA) is 114 Å². The van der Waals surface area contributed by atoms with Crippen LogP contribution in [0, 0.1) is 15.9 Å². The molecule has 0 bridgehead atoms. The van der Waals surface area contributed by atoms with E-state index in [1.165, 1.54) is 29.2 Å². The first-order chi connectivity index (χ1) is 16.3. The van der Waals surface area contributed by atoms with Crippen LogP contribution in [0.3, 0.4) is 0 Å². The number of rotatable bonds is 7. The highest BCUT2D eigenvalue weighted by atomic mass is 32.1. The Morgan fingerprint density at radius 3 is 2.76 bits per heavy atom. The van der Waals surface area contributed by atoms with Crippen LogP contribution in [0.15, 0.2) is 34.7 Å². The molecule has 11 nitrogen and oxygen atoms in total. The summed E-state index contributed by atoms with van der Waals surface area (Å²) in [6.07, 6.45) is -1.00. The molecule has 2 aromatic rings. The second-order valence-electron chi connectivity index (χ2n) is 7.89. The summed E-state index contributed by atoms with van der Waals surface area (Å²) in [7, 11) is 1.63. The van der Waals surface area contributed by atoms with Crippen LogP contribution in [0.5, 0.6) is 0 Å². The first kappa shape index (κ1) is 23.7. The zero-order valence-electron chi connectivity index (χ0n) is 18.4. The van der Waals surface area contributed by atoms with Crippen molar-refractivity contribution < 1.29 is 28.0 Å². The van der Waals surface area contributed by atoms with Gasteiger partial charge in [-0.2, -0.15) is 0 Å². The number of ether oxygens (including phenoxy) is 2. The van der Waals surface area contributed by atoms with Gasteiger partial charge in [0.05, 0.1) is 50.3 Å². The number of hydrogen-bond donors (Lipinski definition) is 1. The highest BCUT2D eigenvalue weighted by Gasteiger charge is 2.33. The Hall–Kier alpha value is -3.45. The van der Waals surface area contributed by atoms with E-state index >= 15 is 0 Å². The lowest BCUT2D eigenvalue weighted by Gasteiger charge is -2.29. The minimum atomic E-state index is -0.632. The van der Waals surface area contributed by atoms with Crippen LogP contribution in [0.4, 0.5) is 26.4 Å². The standard InChI is InChI=1S/C21H24FN5O6S/c1-24(12-15-3-5-19(32-15)27(29)30)18-4-2-14(10-17(18)22)26-13-16(33-21(26)28)11-23-20(34)25-6-8-31-9-7-25/h2-5,10,16H,6-9,11-13H2,1H3,(H,23,34). The van der Waals surface area contributed by atoms with Crippen molar-refractivity contribution in [1.82, 2.24) is 10.2 Å². The van der Waals surface area contributed by atoms with E-state index in [1.54, 1.807) is 18.0 Å². The molecule has 182 valence electrons. The number of morpholine rings is 1. The van der Waals surface area contributed by atoms with Crippen molar-refractivity contribution >= 4 is 40.7 Å². The van der Waals surface area contributed by atoms with E-state index < -0.39 is 22.9 Å². The molecule has 1 aromatic heterocycles. The summed E-state index contributed by atoms with van der Waals surface area (Å²) in [6, 6.07) is 7.13. The molecular weight excluding hydrogens is 469 g/mol. The Balaban J connectivity index is 1.34. The van der Waals surface area contributed by atoms with Crippen LogP contribution in [0.25, 0.3) is 0 Å². The second-order valence-corrected chi connectivity index (χ2v) is 8.28. The van der Waals surface area contributed by atoms with E-state index in [4.69, 9.17) is 26.1 Å². The van der Waals surface area contributed by atoms with Gasteiger partial charge < -0.3 is 29.0 Å². The van der Waals surface area contributed by atoms with E-state index in [0.717, 1.165) is 0 Å². The van der Waals surface area contributed by atoms with Crippen molar-refractivity contribution in [2.45, 2.75) is 12.6 Å². The normalized spacial score (nSPS) is 18.1. The van der Waals surface area contributed by atoms with Crippen molar-refractivity contribution in [2.75, 3.05) is 56.2 Å². The van der Waals surface area contributed by atoms with Crippen LogP contribution in [0.1, 0.15) is 5.76 Å². The Bertz CT molecular complexity index is 1080. The third-order valence-corrected chi connectivity index (χ3v) is 5.93. The molecule has 1 atom stereocenters. The fourth-order valence-corrected chi connectivity index (χ4v) is 4.03. The first-order valence-corrected chi connectivity index (χ1v) is 11.0. The predicted octanol–water partition coefficient (Wildman–Crippen LogP) is 2.50. The number of nitrogens with one attached hydrogen (secondary N) is 1. The summed E-state index contributed by atoms with van der Waals surface area (Å²) in [4.78, 5) is 27.4. The second kappa shape index (κ2) is 10.2. The number of hydrogen-bond acceptors (Lipinski definition) is 8. The van der Waals surface area contributed by atoms with E-state index in [-0.39, 0.29) is 24.7 Å². The fourth-order valence-electron chi connectivity index (χ4n) is 3.76. The molecule has 0 spiro atoms. The highest BCUT2D eigenvalue weighted by molar-refractivity contribution is 7.80. The summed E-state index contributed by atoms with van der Waals surface area (Å²) < 4.78 is 30.7. The van der Waals surface area contributed by atoms with Gasteiger partial charge in [-0.15, -0.1) is 0 Å². The molecule has 2 saturated heterocycles. The maximum absolute atomic E-state index is 14.9. The molecule has 0 radical (unpaired) electrons. The largest absolute Gasteiger partial charge is 0.442 e. The molecule has 1 unspecified atom stereocenters. The third kappa shape index (κ3) is 5.37. The Morgan fingerprint density at radius 2 is 2.09 bits per heavy atom. The zero-order valence-corrected chi connectivity index (χ0v) is 19.3. The maximum Gasteiger partial charge on any atom is 0.433 e. The zero-order chi connectivity index (χ0) is 24.2. The van der Waals surface area contributed by atoms with Crippen molar-refractivity contribution in [2.24, 2.45) is 0 Å². The quantitative estimate of drug-likeness (QED) is 0.351.